The van der Waals surface area contributed by atoms with Crippen molar-refractivity contribution in [3.8, 4) is 0 Å². The van der Waals surface area contributed by atoms with Gasteiger partial charge in [0.2, 0.25) is 0 Å². The van der Waals surface area contributed by atoms with Crippen LogP contribution in [0.2, 0.25) is 0 Å². The third kappa shape index (κ3) is 4.12. The lowest BCUT2D eigenvalue weighted by Gasteiger charge is -2.22. The second-order valence-corrected chi connectivity index (χ2v) is 7.99. The summed E-state index contributed by atoms with van der Waals surface area (Å²) >= 11 is 3.94. The van der Waals surface area contributed by atoms with E-state index in [1.165, 1.54) is 40.0 Å². The molecule has 0 saturated carbocycles. The van der Waals surface area contributed by atoms with Crippen molar-refractivity contribution in [2.75, 3.05) is 23.5 Å². The summed E-state index contributed by atoms with van der Waals surface area (Å²) in [6.45, 7) is 7.58. The fourth-order valence-electron chi connectivity index (χ4n) is 2.37. The van der Waals surface area contributed by atoms with E-state index in [1.54, 1.807) is 0 Å². The Morgan fingerprint density at radius 1 is 1.45 bits per heavy atom. The summed E-state index contributed by atoms with van der Waals surface area (Å²) in [5.74, 6) is 2.54. The molecule has 3 nitrogen and oxygen atoms in total. The number of hydrogen-bond donors (Lipinski definition) is 1. The van der Waals surface area contributed by atoms with Gasteiger partial charge in [0, 0.05) is 36.3 Å². The second-order valence-electron chi connectivity index (χ2n) is 5.78. The summed E-state index contributed by atoms with van der Waals surface area (Å²) in [5.41, 5.74) is 1.30. The highest BCUT2D eigenvalue weighted by Crippen LogP contribution is 2.31. The van der Waals surface area contributed by atoms with Gasteiger partial charge in [-0.15, -0.1) is 11.3 Å². The van der Waals surface area contributed by atoms with E-state index in [1.807, 2.05) is 11.3 Å². The Balaban J connectivity index is 2.10. The minimum absolute atomic E-state index is 0.527. The maximum atomic E-state index is 4.92. The number of nitrogens with zero attached hydrogens (tertiary/aromatic N) is 2. The van der Waals surface area contributed by atoms with E-state index in [2.05, 4.69) is 49.8 Å². The highest BCUT2D eigenvalue weighted by atomic mass is 32.2. The van der Waals surface area contributed by atoms with Crippen LogP contribution in [0.15, 0.2) is 0 Å². The van der Waals surface area contributed by atoms with Crippen LogP contribution >= 0.6 is 23.1 Å². The molecule has 2 rings (SSSR count). The first kappa shape index (κ1) is 16.1. The van der Waals surface area contributed by atoms with Crippen molar-refractivity contribution in [2.24, 2.45) is 0 Å². The molecule has 5 heteroatoms. The summed E-state index contributed by atoms with van der Waals surface area (Å²) < 4.78 is 0. The van der Waals surface area contributed by atoms with Gasteiger partial charge in [-0.3, -0.25) is 0 Å². The maximum Gasteiger partial charge on any atom is 0.185 e. The van der Waals surface area contributed by atoms with Gasteiger partial charge in [-0.25, -0.2) is 4.98 Å². The summed E-state index contributed by atoms with van der Waals surface area (Å²) in [7, 11) is 2.21. The molecule has 1 fully saturated rings. The van der Waals surface area contributed by atoms with E-state index in [0.717, 1.165) is 13.0 Å². The third-order valence-corrected chi connectivity index (χ3v) is 6.01. The van der Waals surface area contributed by atoms with Crippen molar-refractivity contribution >= 4 is 28.2 Å². The Kier molecular flexibility index (Phi) is 6.18. The monoisotopic (exact) mass is 313 g/mol. The van der Waals surface area contributed by atoms with Crippen LogP contribution in [-0.4, -0.2) is 35.6 Å². The summed E-state index contributed by atoms with van der Waals surface area (Å²) in [5, 5.41) is 4.74. The molecule has 0 radical (unpaired) electrons. The molecule has 114 valence electrons. The lowest BCUT2D eigenvalue weighted by atomic mass is 10.2. The van der Waals surface area contributed by atoms with E-state index < -0.39 is 0 Å². The molecular formula is C15H27N3S2. The highest BCUT2D eigenvalue weighted by molar-refractivity contribution is 7.99. The Morgan fingerprint density at radius 2 is 2.25 bits per heavy atom. The quantitative estimate of drug-likeness (QED) is 0.833. The number of aromatic nitrogens is 1. The molecule has 1 atom stereocenters. The standard InChI is InChI=1S/C15H27N3S2/c1-5-6-13-14(9-16-11(2)3)20-15(17-13)18(4)12-7-8-19-10-12/h11-12,16H,5-10H2,1-4H3. The number of thioether (sulfide) groups is 1. The van der Waals surface area contributed by atoms with Gasteiger partial charge < -0.3 is 10.2 Å². The number of aryl methyl sites for hydroxylation is 1. The van der Waals surface area contributed by atoms with Crippen LogP contribution in [-0.2, 0) is 13.0 Å². The van der Waals surface area contributed by atoms with E-state index in [9.17, 15) is 0 Å². The zero-order valence-corrected chi connectivity index (χ0v) is 14.7. The molecule has 1 aliphatic heterocycles. The Bertz CT molecular complexity index is 411. The predicted molar refractivity (Wildman–Crippen MR) is 92.2 cm³/mol. The van der Waals surface area contributed by atoms with Gasteiger partial charge >= 0.3 is 0 Å². The highest BCUT2D eigenvalue weighted by Gasteiger charge is 2.23. The number of anilines is 1. The topological polar surface area (TPSA) is 28.2 Å². The van der Waals surface area contributed by atoms with Gasteiger partial charge in [-0.2, -0.15) is 11.8 Å². The van der Waals surface area contributed by atoms with Crippen molar-refractivity contribution in [3.63, 3.8) is 0 Å². The number of rotatable bonds is 7. The molecule has 1 saturated heterocycles. The summed E-state index contributed by atoms with van der Waals surface area (Å²) in [4.78, 5) is 8.75. The van der Waals surface area contributed by atoms with Crippen molar-refractivity contribution in [3.05, 3.63) is 10.6 Å². The average Bonchev–Trinajstić information content (AvgIpc) is 3.05. The van der Waals surface area contributed by atoms with Crippen molar-refractivity contribution < 1.29 is 0 Å². The largest absolute Gasteiger partial charge is 0.347 e. The molecule has 1 unspecified atom stereocenters. The molecule has 20 heavy (non-hydrogen) atoms. The van der Waals surface area contributed by atoms with Crippen molar-refractivity contribution in [2.45, 2.75) is 58.7 Å². The minimum atomic E-state index is 0.527. The summed E-state index contributed by atoms with van der Waals surface area (Å²) in [6.07, 6.45) is 3.56. The first-order valence-electron chi connectivity index (χ1n) is 7.64. The van der Waals surface area contributed by atoms with Gasteiger partial charge in [-0.1, -0.05) is 27.2 Å². The fourth-order valence-corrected chi connectivity index (χ4v) is 4.73. The van der Waals surface area contributed by atoms with Crippen LogP contribution in [0.25, 0.3) is 0 Å². The third-order valence-electron chi connectivity index (χ3n) is 3.68. The predicted octanol–water partition coefficient (Wildman–Crippen LogP) is 3.54. The molecule has 2 heterocycles. The zero-order chi connectivity index (χ0) is 14.5. The average molecular weight is 314 g/mol. The molecule has 0 aliphatic carbocycles. The van der Waals surface area contributed by atoms with Crippen LogP contribution in [0.4, 0.5) is 5.13 Å². The minimum Gasteiger partial charge on any atom is -0.347 e. The van der Waals surface area contributed by atoms with Gasteiger partial charge in [0.1, 0.15) is 0 Å². The van der Waals surface area contributed by atoms with E-state index in [4.69, 9.17) is 4.98 Å². The van der Waals surface area contributed by atoms with Crippen LogP contribution in [0, 0.1) is 0 Å². The van der Waals surface area contributed by atoms with Crippen molar-refractivity contribution in [1.82, 2.24) is 10.3 Å². The molecule has 0 bridgehead atoms. The molecule has 0 amide bonds. The van der Waals surface area contributed by atoms with Crippen LogP contribution < -0.4 is 10.2 Å². The van der Waals surface area contributed by atoms with Gasteiger partial charge in [0.05, 0.1) is 5.69 Å². The lowest BCUT2D eigenvalue weighted by Crippen LogP contribution is -2.31. The molecule has 1 aromatic heterocycles. The Hall–Kier alpha value is -0.260. The maximum absolute atomic E-state index is 4.92. The molecule has 1 N–H and O–H groups in total. The molecular weight excluding hydrogens is 286 g/mol. The smallest absolute Gasteiger partial charge is 0.185 e. The molecule has 0 spiro atoms. The first-order valence-corrected chi connectivity index (χ1v) is 9.61. The van der Waals surface area contributed by atoms with Crippen LogP contribution in [0.5, 0.6) is 0 Å². The number of hydrogen-bond acceptors (Lipinski definition) is 5. The van der Waals surface area contributed by atoms with E-state index in [-0.39, 0.29) is 0 Å². The fraction of sp³-hybridized carbons (Fsp3) is 0.800. The Morgan fingerprint density at radius 3 is 2.85 bits per heavy atom. The van der Waals surface area contributed by atoms with Crippen molar-refractivity contribution in [1.29, 1.82) is 0 Å². The normalized spacial score (nSPS) is 18.9. The van der Waals surface area contributed by atoms with Gasteiger partial charge in [0.15, 0.2) is 5.13 Å². The SMILES string of the molecule is CCCc1nc(N(C)C2CCSC2)sc1CNC(C)C. The van der Waals surface area contributed by atoms with E-state index >= 15 is 0 Å². The lowest BCUT2D eigenvalue weighted by molar-refractivity contribution is 0.589. The molecule has 0 aromatic carbocycles. The Labute approximate surface area is 131 Å². The molecule has 1 aromatic rings. The second kappa shape index (κ2) is 7.66. The van der Waals surface area contributed by atoms with Gasteiger partial charge in [0.25, 0.3) is 0 Å². The molecule has 1 aliphatic rings. The first-order chi connectivity index (χ1) is 9.61. The number of thiazole rings is 1. The van der Waals surface area contributed by atoms with Gasteiger partial charge in [-0.05, 0) is 18.6 Å². The zero-order valence-electron chi connectivity index (χ0n) is 13.1. The number of nitrogens with one attached hydrogen (secondary N) is 1. The summed E-state index contributed by atoms with van der Waals surface area (Å²) in [6, 6.07) is 1.20. The van der Waals surface area contributed by atoms with E-state index in [0.29, 0.717) is 12.1 Å². The van der Waals surface area contributed by atoms with Crippen LogP contribution in [0.3, 0.4) is 0 Å². The van der Waals surface area contributed by atoms with Crippen LogP contribution in [0.1, 0.15) is 44.2 Å².